The van der Waals surface area contributed by atoms with Gasteiger partial charge in [0.15, 0.2) is 15.3 Å². The first kappa shape index (κ1) is 16.9. The molecule has 0 amide bonds. The van der Waals surface area contributed by atoms with Gasteiger partial charge in [-0.05, 0) is 41.0 Å². The minimum Gasteiger partial charge on any atom is -0.297 e. The molecule has 3 heterocycles. The molecule has 0 saturated heterocycles. The Morgan fingerprint density at radius 2 is 1.96 bits per heavy atom. The first-order chi connectivity index (χ1) is 12.8. The van der Waals surface area contributed by atoms with Crippen LogP contribution in [0.15, 0.2) is 64.4 Å². The normalized spacial score (nSPS) is 11.0. The third kappa shape index (κ3) is 3.66. The summed E-state index contributed by atoms with van der Waals surface area (Å²) in [5, 5.41) is 9.62. The Kier molecular flexibility index (Phi) is 5.03. The molecular formula is C18H16N6S2. The second kappa shape index (κ2) is 7.76. The summed E-state index contributed by atoms with van der Waals surface area (Å²) in [6.45, 7) is 2.73. The van der Waals surface area contributed by atoms with Gasteiger partial charge in [0.25, 0.3) is 0 Å². The Bertz CT molecular complexity index is 981. The fourth-order valence-corrected chi connectivity index (χ4v) is 4.12. The second-order valence-electron chi connectivity index (χ2n) is 5.55. The Morgan fingerprint density at radius 3 is 2.69 bits per heavy atom. The van der Waals surface area contributed by atoms with Crippen molar-refractivity contribution >= 4 is 23.3 Å². The van der Waals surface area contributed by atoms with Crippen LogP contribution in [-0.4, -0.2) is 29.1 Å². The highest BCUT2D eigenvalue weighted by molar-refractivity contribution is 8.00. The standard InChI is InChI=1S/C18H16N6S2/c1-2-15-20-18(26-23-15)25-17-22-21-16(14-9-6-10-19-11-14)24(17)12-13-7-4-3-5-8-13/h3-11H,2,12H2,1H3. The lowest BCUT2D eigenvalue weighted by atomic mass is 10.2. The summed E-state index contributed by atoms with van der Waals surface area (Å²) in [7, 11) is 0. The fourth-order valence-electron chi connectivity index (χ4n) is 2.48. The lowest BCUT2D eigenvalue weighted by Gasteiger charge is -2.09. The highest BCUT2D eigenvalue weighted by Crippen LogP contribution is 2.31. The molecule has 0 atom stereocenters. The summed E-state index contributed by atoms with van der Waals surface area (Å²) in [4.78, 5) is 8.74. The SMILES string of the molecule is CCc1nsc(Sc2nnc(-c3cccnc3)n2Cc2ccccc2)n1. The van der Waals surface area contributed by atoms with Crippen molar-refractivity contribution in [1.82, 2.24) is 29.1 Å². The molecule has 0 N–H and O–H groups in total. The highest BCUT2D eigenvalue weighted by atomic mass is 32.2. The smallest absolute Gasteiger partial charge is 0.198 e. The monoisotopic (exact) mass is 380 g/mol. The summed E-state index contributed by atoms with van der Waals surface area (Å²) in [6.07, 6.45) is 4.39. The van der Waals surface area contributed by atoms with E-state index in [9.17, 15) is 0 Å². The zero-order chi connectivity index (χ0) is 17.8. The number of benzene rings is 1. The van der Waals surface area contributed by atoms with Crippen molar-refractivity contribution in [3.8, 4) is 11.4 Å². The van der Waals surface area contributed by atoms with Gasteiger partial charge in [-0.2, -0.15) is 4.37 Å². The molecular weight excluding hydrogens is 364 g/mol. The lowest BCUT2D eigenvalue weighted by molar-refractivity contribution is 0.714. The molecule has 0 spiro atoms. The maximum Gasteiger partial charge on any atom is 0.198 e. The highest BCUT2D eigenvalue weighted by Gasteiger charge is 2.17. The van der Waals surface area contributed by atoms with Gasteiger partial charge in [-0.3, -0.25) is 9.55 Å². The molecule has 0 saturated carbocycles. The van der Waals surface area contributed by atoms with E-state index < -0.39 is 0 Å². The van der Waals surface area contributed by atoms with Crippen LogP contribution >= 0.6 is 23.3 Å². The van der Waals surface area contributed by atoms with Crippen LogP contribution in [0.3, 0.4) is 0 Å². The third-order valence-corrected chi connectivity index (χ3v) is 5.54. The van der Waals surface area contributed by atoms with Gasteiger partial charge in [0, 0.05) is 24.4 Å². The topological polar surface area (TPSA) is 69.4 Å². The first-order valence-corrected chi connectivity index (χ1v) is 9.80. The van der Waals surface area contributed by atoms with Crippen LogP contribution in [0.4, 0.5) is 0 Å². The van der Waals surface area contributed by atoms with Crippen LogP contribution in [0.2, 0.25) is 0 Å². The molecule has 4 rings (SSSR count). The van der Waals surface area contributed by atoms with Crippen molar-refractivity contribution in [1.29, 1.82) is 0 Å². The zero-order valence-corrected chi connectivity index (χ0v) is 15.7. The Hall–Kier alpha value is -2.58. The number of pyridine rings is 1. The maximum atomic E-state index is 4.53. The molecule has 0 aliphatic carbocycles. The van der Waals surface area contributed by atoms with Crippen molar-refractivity contribution in [2.24, 2.45) is 0 Å². The van der Waals surface area contributed by atoms with E-state index >= 15 is 0 Å². The molecule has 0 bridgehead atoms. The van der Waals surface area contributed by atoms with E-state index in [0.29, 0.717) is 6.54 Å². The average Bonchev–Trinajstić information content (AvgIpc) is 3.31. The van der Waals surface area contributed by atoms with Crippen LogP contribution in [0.25, 0.3) is 11.4 Å². The average molecular weight is 381 g/mol. The van der Waals surface area contributed by atoms with E-state index in [4.69, 9.17) is 0 Å². The fraction of sp³-hybridized carbons (Fsp3) is 0.167. The van der Waals surface area contributed by atoms with Gasteiger partial charge < -0.3 is 0 Å². The van der Waals surface area contributed by atoms with Gasteiger partial charge in [0.1, 0.15) is 5.82 Å². The van der Waals surface area contributed by atoms with E-state index in [1.807, 2.05) is 30.3 Å². The molecule has 0 fully saturated rings. The third-order valence-electron chi connectivity index (χ3n) is 3.76. The molecule has 4 aromatic rings. The number of hydrogen-bond acceptors (Lipinski definition) is 7. The van der Waals surface area contributed by atoms with Crippen LogP contribution in [-0.2, 0) is 13.0 Å². The lowest BCUT2D eigenvalue weighted by Crippen LogP contribution is -2.04. The minimum absolute atomic E-state index is 0.680. The number of hydrogen-bond donors (Lipinski definition) is 0. The Balaban J connectivity index is 1.72. The van der Waals surface area contributed by atoms with E-state index in [-0.39, 0.29) is 0 Å². The predicted octanol–water partition coefficient (Wildman–Crippen LogP) is 3.95. The van der Waals surface area contributed by atoms with Gasteiger partial charge >= 0.3 is 0 Å². The van der Waals surface area contributed by atoms with Crippen LogP contribution in [0.5, 0.6) is 0 Å². The van der Waals surface area contributed by atoms with E-state index in [1.54, 1.807) is 12.4 Å². The summed E-state index contributed by atoms with van der Waals surface area (Å²) in [5.74, 6) is 1.66. The van der Waals surface area contributed by atoms with Crippen LogP contribution < -0.4 is 0 Å². The molecule has 1 aromatic carbocycles. The Labute approximate surface area is 159 Å². The zero-order valence-electron chi connectivity index (χ0n) is 14.1. The van der Waals surface area contributed by atoms with Crippen molar-refractivity contribution in [3.05, 3.63) is 66.2 Å². The first-order valence-electron chi connectivity index (χ1n) is 8.21. The summed E-state index contributed by atoms with van der Waals surface area (Å²) in [5.41, 5.74) is 2.13. The number of rotatable bonds is 6. The molecule has 26 heavy (non-hydrogen) atoms. The molecule has 0 aliphatic heterocycles. The number of aromatic nitrogens is 6. The summed E-state index contributed by atoms with van der Waals surface area (Å²) >= 11 is 2.90. The molecule has 130 valence electrons. The molecule has 0 unspecified atom stereocenters. The minimum atomic E-state index is 0.680. The number of nitrogens with zero attached hydrogens (tertiary/aromatic N) is 6. The van der Waals surface area contributed by atoms with E-state index in [2.05, 4.69) is 48.2 Å². The molecule has 0 aliphatic rings. The largest absolute Gasteiger partial charge is 0.297 e. The number of aryl methyl sites for hydroxylation is 1. The van der Waals surface area contributed by atoms with Crippen LogP contribution in [0.1, 0.15) is 18.3 Å². The maximum absolute atomic E-state index is 4.53. The van der Waals surface area contributed by atoms with Gasteiger partial charge in [0.2, 0.25) is 0 Å². The van der Waals surface area contributed by atoms with E-state index in [1.165, 1.54) is 28.9 Å². The summed E-state index contributed by atoms with van der Waals surface area (Å²) in [6, 6.07) is 14.2. The van der Waals surface area contributed by atoms with Gasteiger partial charge in [-0.1, -0.05) is 37.3 Å². The van der Waals surface area contributed by atoms with Gasteiger partial charge in [0.05, 0.1) is 6.54 Å². The quantitative estimate of drug-likeness (QED) is 0.504. The van der Waals surface area contributed by atoms with Crippen molar-refractivity contribution in [2.75, 3.05) is 0 Å². The van der Waals surface area contributed by atoms with Gasteiger partial charge in [-0.25, -0.2) is 4.98 Å². The molecule has 6 nitrogen and oxygen atoms in total. The molecule has 8 heteroatoms. The van der Waals surface area contributed by atoms with E-state index in [0.717, 1.165) is 33.1 Å². The summed E-state index contributed by atoms with van der Waals surface area (Å²) < 4.78 is 7.33. The van der Waals surface area contributed by atoms with Gasteiger partial charge in [-0.15, -0.1) is 10.2 Å². The molecule has 3 aromatic heterocycles. The Morgan fingerprint density at radius 1 is 1.08 bits per heavy atom. The van der Waals surface area contributed by atoms with Crippen molar-refractivity contribution in [3.63, 3.8) is 0 Å². The van der Waals surface area contributed by atoms with Crippen molar-refractivity contribution in [2.45, 2.75) is 29.4 Å². The predicted molar refractivity (Wildman–Crippen MR) is 102 cm³/mol. The second-order valence-corrected chi connectivity index (χ2v) is 7.52. The molecule has 0 radical (unpaired) electrons. The van der Waals surface area contributed by atoms with Crippen molar-refractivity contribution < 1.29 is 0 Å². The van der Waals surface area contributed by atoms with Crippen LogP contribution in [0, 0.1) is 0 Å².